The number of benzene rings is 1. The van der Waals surface area contributed by atoms with Crippen LogP contribution in [0.3, 0.4) is 0 Å². The van der Waals surface area contributed by atoms with E-state index in [2.05, 4.69) is 6.92 Å². The van der Waals surface area contributed by atoms with E-state index in [1.807, 2.05) is 36.4 Å². The van der Waals surface area contributed by atoms with Crippen molar-refractivity contribution in [1.82, 2.24) is 4.90 Å². The Morgan fingerprint density at radius 1 is 1.15 bits per heavy atom. The van der Waals surface area contributed by atoms with Crippen LogP contribution in [0.25, 0.3) is 0 Å². The number of furan rings is 2. The van der Waals surface area contributed by atoms with E-state index in [1.165, 1.54) is 6.42 Å². The van der Waals surface area contributed by atoms with Crippen LogP contribution in [0.4, 0.5) is 0 Å². The van der Waals surface area contributed by atoms with E-state index in [9.17, 15) is 4.79 Å². The summed E-state index contributed by atoms with van der Waals surface area (Å²) in [5, 5.41) is 0. The van der Waals surface area contributed by atoms with Crippen molar-refractivity contribution in [2.75, 3.05) is 7.11 Å². The van der Waals surface area contributed by atoms with Gasteiger partial charge in [0.2, 0.25) is 0 Å². The number of nitrogens with zero attached hydrogens (tertiary/aromatic N) is 1. The summed E-state index contributed by atoms with van der Waals surface area (Å²) in [6, 6.07) is 14.9. The highest BCUT2D eigenvalue weighted by Gasteiger charge is 2.36. The number of ether oxygens (including phenoxy) is 1. The number of rotatable bonds is 7. The second-order valence-corrected chi connectivity index (χ2v) is 7.10. The standard InChI is InChI=1S/C22H23NO4/c1-15-11-20(15)21-9-8-19(27-21)14-23(13-18-7-4-10-26-18)22(24)16-5-3-6-17(12-16)25-2/h3-10,12,15,20H,11,13-14H2,1-2H3. The second kappa shape index (κ2) is 7.35. The van der Waals surface area contributed by atoms with Crippen molar-refractivity contribution in [2.45, 2.75) is 32.4 Å². The van der Waals surface area contributed by atoms with Crippen LogP contribution in [0, 0.1) is 5.92 Å². The van der Waals surface area contributed by atoms with Crippen molar-refractivity contribution in [3.8, 4) is 5.75 Å². The Morgan fingerprint density at radius 3 is 2.67 bits per heavy atom. The molecule has 0 radical (unpaired) electrons. The van der Waals surface area contributed by atoms with Crippen molar-refractivity contribution >= 4 is 5.91 Å². The number of hydrogen-bond donors (Lipinski definition) is 0. The average Bonchev–Trinajstić information content (AvgIpc) is 3.08. The number of hydrogen-bond acceptors (Lipinski definition) is 4. The molecule has 140 valence electrons. The van der Waals surface area contributed by atoms with Gasteiger partial charge in [0.25, 0.3) is 5.91 Å². The molecule has 5 heteroatoms. The lowest BCUT2D eigenvalue weighted by atomic mass is 10.1. The van der Waals surface area contributed by atoms with Crippen LogP contribution >= 0.6 is 0 Å². The SMILES string of the molecule is COc1cccc(C(=O)N(Cc2ccco2)Cc2ccc(C3CC3C)o2)c1. The van der Waals surface area contributed by atoms with Gasteiger partial charge in [-0.15, -0.1) is 0 Å². The molecule has 2 aromatic heterocycles. The molecular weight excluding hydrogens is 342 g/mol. The van der Waals surface area contributed by atoms with E-state index in [-0.39, 0.29) is 5.91 Å². The van der Waals surface area contributed by atoms with Crippen LogP contribution in [-0.2, 0) is 13.1 Å². The van der Waals surface area contributed by atoms with Crippen LogP contribution in [0.15, 0.2) is 63.6 Å². The molecular formula is C22H23NO4. The quantitative estimate of drug-likeness (QED) is 0.601. The third-order valence-corrected chi connectivity index (χ3v) is 5.03. The van der Waals surface area contributed by atoms with Gasteiger partial charge in [-0.2, -0.15) is 0 Å². The van der Waals surface area contributed by atoms with Crippen molar-refractivity contribution < 1.29 is 18.4 Å². The van der Waals surface area contributed by atoms with Gasteiger partial charge in [0.05, 0.1) is 26.5 Å². The monoisotopic (exact) mass is 365 g/mol. The van der Waals surface area contributed by atoms with E-state index in [4.69, 9.17) is 13.6 Å². The fourth-order valence-electron chi connectivity index (χ4n) is 3.31. The summed E-state index contributed by atoms with van der Waals surface area (Å²) in [4.78, 5) is 14.9. The molecule has 0 saturated heterocycles. The van der Waals surface area contributed by atoms with Gasteiger partial charge in [0.1, 0.15) is 23.0 Å². The number of methoxy groups -OCH3 is 1. The third kappa shape index (κ3) is 3.92. The maximum Gasteiger partial charge on any atom is 0.254 e. The van der Waals surface area contributed by atoms with E-state index < -0.39 is 0 Å². The molecule has 1 saturated carbocycles. The smallest absolute Gasteiger partial charge is 0.254 e. The van der Waals surface area contributed by atoms with Crippen LogP contribution < -0.4 is 4.74 Å². The molecule has 0 spiro atoms. The molecule has 2 atom stereocenters. The Labute approximate surface area is 158 Å². The summed E-state index contributed by atoms with van der Waals surface area (Å²) < 4.78 is 16.7. The number of amides is 1. The van der Waals surface area contributed by atoms with Crippen LogP contribution in [0.1, 0.15) is 46.9 Å². The normalized spacial score (nSPS) is 18.3. The molecule has 2 unspecified atom stereocenters. The van der Waals surface area contributed by atoms with Crippen LogP contribution in [0.2, 0.25) is 0 Å². The van der Waals surface area contributed by atoms with Gasteiger partial charge in [0, 0.05) is 11.5 Å². The summed E-state index contributed by atoms with van der Waals surface area (Å²) in [5.74, 6) is 4.29. The highest BCUT2D eigenvalue weighted by Crippen LogP contribution is 2.47. The molecule has 1 fully saturated rings. The molecule has 1 aliphatic rings. The van der Waals surface area contributed by atoms with Crippen molar-refractivity contribution in [3.63, 3.8) is 0 Å². The lowest BCUT2D eigenvalue weighted by molar-refractivity contribution is 0.0703. The Balaban J connectivity index is 1.56. The molecule has 5 nitrogen and oxygen atoms in total. The first-order valence-corrected chi connectivity index (χ1v) is 9.18. The van der Waals surface area contributed by atoms with Gasteiger partial charge >= 0.3 is 0 Å². The second-order valence-electron chi connectivity index (χ2n) is 7.10. The molecule has 4 rings (SSSR count). The van der Waals surface area contributed by atoms with E-state index >= 15 is 0 Å². The minimum absolute atomic E-state index is 0.0944. The summed E-state index contributed by atoms with van der Waals surface area (Å²) in [7, 11) is 1.59. The lowest BCUT2D eigenvalue weighted by Gasteiger charge is -2.21. The summed E-state index contributed by atoms with van der Waals surface area (Å²) in [6.07, 6.45) is 2.79. The van der Waals surface area contributed by atoms with Crippen LogP contribution in [-0.4, -0.2) is 17.9 Å². The van der Waals surface area contributed by atoms with E-state index in [1.54, 1.807) is 30.4 Å². The summed E-state index contributed by atoms with van der Waals surface area (Å²) >= 11 is 0. The zero-order valence-corrected chi connectivity index (χ0v) is 15.6. The van der Waals surface area contributed by atoms with Gasteiger partial charge < -0.3 is 18.5 Å². The first-order chi connectivity index (χ1) is 13.1. The zero-order valence-electron chi connectivity index (χ0n) is 15.6. The van der Waals surface area contributed by atoms with E-state index in [0.717, 1.165) is 17.3 Å². The van der Waals surface area contributed by atoms with Crippen molar-refractivity contribution in [1.29, 1.82) is 0 Å². The predicted molar refractivity (Wildman–Crippen MR) is 101 cm³/mol. The molecule has 0 bridgehead atoms. The van der Waals surface area contributed by atoms with Gasteiger partial charge in [-0.3, -0.25) is 4.79 Å². The maximum atomic E-state index is 13.1. The Kier molecular flexibility index (Phi) is 4.75. The van der Waals surface area contributed by atoms with Gasteiger partial charge in [0.15, 0.2) is 0 Å². The van der Waals surface area contributed by atoms with Crippen LogP contribution in [0.5, 0.6) is 5.75 Å². The fourth-order valence-corrected chi connectivity index (χ4v) is 3.31. The lowest BCUT2D eigenvalue weighted by Crippen LogP contribution is -2.29. The zero-order chi connectivity index (χ0) is 18.8. The number of carbonyl (C=O) groups excluding carboxylic acids is 1. The molecule has 3 aromatic rings. The Hall–Kier alpha value is -2.95. The average molecular weight is 365 g/mol. The molecule has 0 aliphatic heterocycles. The highest BCUT2D eigenvalue weighted by atomic mass is 16.5. The minimum atomic E-state index is -0.0944. The fraction of sp³-hybridized carbons (Fsp3) is 0.318. The first kappa shape index (κ1) is 17.5. The number of carbonyl (C=O) groups is 1. The maximum absolute atomic E-state index is 13.1. The van der Waals surface area contributed by atoms with Gasteiger partial charge in [-0.1, -0.05) is 13.0 Å². The molecule has 2 heterocycles. The highest BCUT2D eigenvalue weighted by molar-refractivity contribution is 5.94. The molecule has 1 amide bonds. The third-order valence-electron chi connectivity index (χ3n) is 5.03. The van der Waals surface area contributed by atoms with Crippen molar-refractivity contribution in [2.24, 2.45) is 5.92 Å². The summed E-state index contributed by atoms with van der Waals surface area (Å²) in [5.41, 5.74) is 0.573. The Morgan fingerprint density at radius 2 is 1.96 bits per heavy atom. The van der Waals surface area contributed by atoms with Gasteiger partial charge in [-0.05, 0) is 54.8 Å². The molecule has 0 N–H and O–H groups in total. The van der Waals surface area contributed by atoms with E-state index in [0.29, 0.717) is 36.2 Å². The minimum Gasteiger partial charge on any atom is -0.497 e. The first-order valence-electron chi connectivity index (χ1n) is 9.18. The molecule has 1 aromatic carbocycles. The topological polar surface area (TPSA) is 55.8 Å². The molecule has 1 aliphatic carbocycles. The van der Waals surface area contributed by atoms with Crippen molar-refractivity contribution in [3.05, 3.63) is 77.6 Å². The molecule has 27 heavy (non-hydrogen) atoms. The largest absolute Gasteiger partial charge is 0.497 e. The predicted octanol–water partition coefficient (Wildman–Crippen LogP) is 4.85. The van der Waals surface area contributed by atoms with Gasteiger partial charge in [-0.25, -0.2) is 0 Å². The Bertz CT molecular complexity index is 912. The summed E-state index contributed by atoms with van der Waals surface area (Å²) in [6.45, 7) is 2.99.